The minimum atomic E-state index is -0.0735. The largest absolute Gasteiger partial charge is 0.378 e. The number of para-hydroxylation sites is 1. The van der Waals surface area contributed by atoms with Crippen LogP contribution >= 0.6 is 0 Å². The monoisotopic (exact) mass is 337 g/mol. The number of quaternary nitrogens is 1. The van der Waals surface area contributed by atoms with Gasteiger partial charge in [-0.25, -0.2) is 4.98 Å². The lowest BCUT2D eigenvalue weighted by molar-refractivity contribution is -0.924. The van der Waals surface area contributed by atoms with Crippen LogP contribution in [0.15, 0.2) is 53.3 Å². The van der Waals surface area contributed by atoms with Gasteiger partial charge < -0.3 is 14.8 Å². The van der Waals surface area contributed by atoms with Gasteiger partial charge in [-0.3, -0.25) is 4.79 Å². The first-order valence-corrected chi connectivity index (χ1v) is 8.53. The van der Waals surface area contributed by atoms with Crippen molar-refractivity contribution >= 4 is 16.6 Å². The molecule has 0 aliphatic carbocycles. The Morgan fingerprint density at radius 1 is 1.12 bits per heavy atom. The number of aromatic nitrogens is 2. The van der Waals surface area contributed by atoms with Crippen LogP contribution in [0.4, 0.5) is 5.69 Å². The molecule has 0 saturated heterocycles. The summed E-state index contributed by atoms with van der Waals surface area (Å²) in [6.45, 7) is 2.96. The van der Waals surface area contributed by atoms with E-state index in [1.54, 1.807) is 6.07 Å². The second-order valence-electron chi connectivity index (χ2n) is 6.77. The number of fused-ring (bicyclic) bond motifs is 1. The van der Waals surface area contributed by atoms with E-state index >= 15 is 0 Å². The Balaban J connectivity index is 1.80. The van der Waals surface area contributed by atoms with E-state index in [2.05, 4.69) is 53.1 Å². The number of nitrogens with zero attached hydrogens (tertiary/aromatic N) is 2. The number of aromatic amines is 1. The molecule has 0 saturated carbocycles. The first-order chi connectivity index (χ1) is 12.0. The van der Waals surface area contributed by atoms with Gasteiger partial charge in [-0.1, -0.05) is 24.3 Å². The molecule has 1 unspecified atom stereocenters. The van der Waals surface area contributed by atoms with E-state index in [1.807, 2.05) is 32.3 Å². The van der Waals surface area contributed by atoms with Gasteiger partial charge in [0.05, 0.1) is 18.0 Å². The zero-order chi connectivity index (χ0) is 18.0. The summed E-state index contributed by atoms with van der Waals surface area (Å²) in [7, 11) is 6.20. The molecule has 0 aliphatic heterocycles. The number of benzene rings is 2. The van der Waals surface area contributed by atoms with Gasteiger partial charge in [-0.15, -0.1) is 0 Å². The molecule has 1 heterocycles. The number of nitrogens with one attached hydrogen (secondary N) is 2. The highest BCUT2D eigenvalue weighted by Gasteiger charge is 2.19. The molecule has 1 aromatic heterocycles. The minimum absolute atomic E-state index is 0.0735. The Labute approximate surface area is 147 Å². The van der Waals surface area contributed by atoms with Crippen molar-refractivity contribution in [1.82, 2.24) is 9.97 Å². The van der Waals surface area contributed by atoms with Crippen LogP contribution in [0.2, 0.25) is 0 Å². The van der Waals surface area contributed by atoms with Crippen molar-refractivity contribution in [2.45, 2.75) is 19.5 Å². The summed E-state index contributed by atoms with van der Waals surface area (Å²) >= 11 is 0. The molecule has 3 rings (SSSR count). The fourth-order valence-corrected chi connectivity index (χ4v) is 2.93. The number of anilines is 1. The van der Waals surface area contributed by atoms with Gasteiger partial charge in [0.15, 0.2) is 5.82 Å². The molecule has 0 amide bonds. The zero-order valence-corrected chi connectivity index (χ0v) is 15.2. The van der Waals surface area contributed by atoms with E-state index in [0.717, 1.165) is 17.9 Å². The number of rotatable bonds is 5. The Morgan fingerprint density at radius 2 is 1.80 bits per heavy atom. The highest BCUT2D eigenvalue weighted by molar-refractivity contribution is 5.77. The fraction of sp³-hybridized carbons (Fsp3) is 0.300. The van der Waals surface area contributed by atoms with Crippen molar-refractivity contribution < 1.29 is 4.90 Å². The van der Waals surface area contributed by atoms with Crippen LogP contribution in [0, 0.1) is 0 Å². The van der Waals surface area contributed by atoms with E-state index in [9.17, 15) is 4.79 Å². The van der Waals surface area contributed by atoms with E-state index in [0.29, 0.717) is 5.39 Å². The van der Waals surface area contributed by atoms with Gasteiger partial charge >= 0.3 is 0 Å². The average Bonchev–Trinajstić information content (AvgIpc) is 2.61. The van der Waals surface area contributed by atoms with Gasteiger partial charge in [-0.05, 0) is 31.2 Å². The fourth-order valence-electron chi connectivity index (χ4n) is 2.93. The second-order valence-corrected chi connectivity index (χ2v) is 6.77. The van der Waals surface area contributed by atoms with Gasteiger partial charge in [0, 0.05) is 25.3 Å². The van der Waals surface area contributed by atoms with E-state index in [1.165, 1.54) is 16.2 Å². The van der Waals surface area contributed by atoms with E-state index < -0.39 is 0 Å². The molecule has 2 aromatic carbocycles. The lowest BCUT2D eigenvalue weighted by atomic mass is 10.1. The van der Waals surface area contributed by atoms with Crippen LogP contribution in [0.25, 0.3) is 10.9 Å². The average molecular weight is 337 g/mol. The first kappa shape index (κ1) is 17.2. The maximum Gasteiger partial charge on any atom is 0.258 e. The molecular formula is C20H25N4O+. The van der Waals surface area contributed by atoms with Gasteiger partial charge in [0.1, 0.15) is 12.6 Å². The topological polar surface area (TPSA) is 53.4 Å². The molecule has 25 heavy (non-hydrogen) atoms. The Bertz CT molecular complexity index is 915. The molecule has 5 heteroatoms. The molecule has 0 fully saturated rings. The molecule has 0 aliphatic rings. The Morgan fingerprint density at radius 3 is 2.48 bits per heavy atom. The van der Waals surface area contributed by atoms with Crippen LogP contribution in [-0.4, -0.2) is 31.1 Å². The third-order valence-corrected chi connectivity index (χ3v) is 4.72. The molecule has 2 atom stereocenters. The maximum atomic E-state index is 12.3. The highest BCUT2D eigenvalue weighted by atomic mass is 16.1. The molecule has 130 valence electrons. The molecule has 0 spiro atoms. The Kier molecular flexibility index (Phi) is 4.86. The first-order valence-electron chi connectivity index (χ1n) is 8.53. The summed E-state index contributed by atoms with van der Waals surface area (Å²) in [5.74, 6) is 0.728. The number of hydrogen-bond acceptors (Lipinski definition) is 3. The van der Waals surface area contributed by atoms with Gasteiger partial charge in [-0.2, -0.15) is 0 Å². The lowest BCUT2D eigenvalue weighted by Crippen LogP contribution is -3.07. The maximum absolute atomic E-state index is 12.3. The van der Waals surface area contributed by atoms with Crippen molar-refractivity contribution in [3.05, 3.63) is 70.3 Å². The quantitative estimate of drug-likeness (QED) is 0.746. The summed E-state index contributed by atoms with van der Waals surface area (Å²) in [4.78, 5) is 23.2. The SMILES string of the molecule is C[C@H](c1nc2ccccc2c(=O)[nH]1)[NH+](C)Cc1ccc(N(C)C)cc1. The van der Waals surface area contributed by atoms with Crippen molar-refractivity contribution in [3.8, 4) is 0 Å². The number of hydrogen-bond donors (Lipinski definition) is 2. The predicted octanol–water partition coefficient (Wildman–Crippen LogP) is 1.76. The summed E-state index contributed by atoms with van der Waals surface area (Å²) in [6.07, 6.45) is 0. The van der Waals surface area contributed by atoms with Crippen LogP contribution in [-0.2, 0) is 6.54 Å². The van der Waals surface area contributed by atoms with Crippen LogP contribution in [0.1, 0.15) is 24.4 Å². The molecule has 0 radical (unpaired) electrons. The van der Waals surface area contributed by atoms with Crippen molar-refractivity contribution in [3.63, 3.8) is 0 Å². The summed E-state index contributed by atoms with van der Waals surface area (Å²) < 4.78 is 0. The zero-order valence-electron chi connectivity index (χ0n) is 15.2. The van der Waals surface area contributed by atoms with Crippen LogP contribution in [0.3, 0.4) is 0 Å². The minimum Gasteiger partial charge on any atom is -0.378 e. The number of H-pyrrole nitrogens is 1. The third kappa shape index (κ3) is 3.72. The van der Waals surface area contributed by atoms with E-state index in [4.69, 9.17) is 0 Å². The second kappa shape index (κ2) is 7.07. The lowest BCUT2D eigenvalue weighted by Gasteiger charge is -2.21. The van der Waals surface area contributed by atoms with Crippen LogP contribution < -0.4 is 15.4 Å². The van der Waals surface area contributed by atoms with Crippen LogP contribution in [0.5, 0.6) is 0 Å². The highest BCUT2D eigenvalue weighted by Crippen LogP contribution is 2.12. The molecule has 2 N–H and O–H groups in total. The standard InChI is InChI=1S/C20H24N4O/c1-14(19-21-18-8-6-5-7-17(18)20(25)22-19)24(4)13-15-9-11-16(12-10-15)23(2)3/h5-12,14H,13H2,1-4H3,(H,21,22,25)/p+1/t14-/m1/s1. The van der Waals surface area contributed by atoms with Gasteiger partial charge in [0.2, 0.25) is 0 Å². The molecule has 5 nitrogen and oxygen atoms in total. The third-order valence-electron chi connectivity index (χ3n) is 4.72. The molecular weight excluding hydrogens is 312 g/mol. The smallest absolute Gasteiger partial charge is 0.258 e. The summed E-state index contributed by atoms with van der Waals surface area (Å²) in [5.41, 5.74) is 3.12. The van der Waals surface area contributed by atoms with Gasteiger partial charge in [0.25, 0.3) is 5.56 Å². The van der Waals surface area contributed by atoms with Crippen molar-refractivity contribution in [2.75, 3.05) is 26.0 Å². The normalized spacial score (nSPS) is 13.6. The summed E-state index contributed by atoms with van der Waals surface area (Å²) in [5, 5.41) is 0.635. The van der Waals surface area contributed by atoms with Crippen molar-refractivity contribution in [1.29, 1.82) is 0 Å². The van der Waals surface area contributed by atoms with E-state index in [-0.39, 0.29) is 11.6 Å². The molecule has 3 aromatic rings. The predicted molar refractivity (Wildman–Crippen MR) is 102 cm³/mol. The Hall–Kier alpha value is -2.66. The van der Waals surface area contributed by atoms with Crippen molar-refractivity contribution in [2.24, 2.45) is 0 Å². The summed E-state index contributed by atoms with van der Waals surface area (Å²) in [6, 6.07) is 16.1. The molecule has 0 bridgehead atoms.